The van der Waals surface area contributed by atoms with Crippen molar-refractivity contribution in [3.63, 3.8) is 0 Å². The van der Waals surface area contributed by atoms with E-state index < -0.39 is 0 Å². The summed E-state index contributed by atoms with van der Waals surface area (Å²) in [6.07, 6.45) is 9.78. The second-order valence-electron chi connectivity index (χ2n) is 8.50. The number of unbranched alkanes of at least 4 members (excludes halogenated alkanes) is 5. The summed E-state index contributed by atoms with van der Waals surface area (Å²) in [5, 5.41) is 0. The summed E-state index contributed by atoms with van der Waals surface area (Å²) in [5.74, 6) is 0.939. The monoisotopic (exact) mass is 444 g/mol. The van der Waals surface area contributed by atoms with Crippen LogP contribution in [0.5, 0.6) is 11.5 Å². The Balaban J connectivity index is 1.51. The van der Waals surface area contributed by atoms with Gasteiger partial charge in [-0.3, -0.25) is 0 Å². The molecule has 0 N–H and O–H groups in total. The number of hydrogen-bond acceptors (Lipinski definition) is 3. The molecular weight excluding hydrogens is 408 g/mol. The molecule has 0 amide bonds. The van der Waals surface area contributed by atoms with Gasteiger partial charge in [0.2, 0.25) is 0 Å². The number of esters is 1. The van der Waals surface area contributed by atoms with E-state index in [4.69, 9.17) is 9.47 Å². The highest BCUT2D eigenvalue weighted by atomic mass is 16.5. The molecule has 3 nitrogen and oxygen atoms in total. The van der Waals surface area contributed by atoms with Crippen molar-refractivity contribution in [3.05, 3.63) is 83.9 Å². The molecule has 0 spiro atoms. The fourth-order valence-corrected chi connectivity index (χ4v) is 3.70. The molecule has 0 radical (unpaired) electrons. The number of carbonyl (C=O) groups excluding carboxylic acids is 1. The van der Waals surface area contributed by atoms with E-state index in [0.717, 1.165) is 30.6 Å². The van der Waals surface area contributed by atoms with Crippen molar-refractivity contribution >= 4 is 5.97 Å². The van der Waals surface area contributed by atoms with Crippen LogP contribution in [-0.2, 0) is 6.42 Å². The van der Waals surface area contributed by atoms with Crippen molar-refractivity contribution in [2.75, 3.05) is 6.61 Å². The van der Waals surface area contributed by atoms with Crippen LogP contribution in [0.25, 0.3) is 11.1 Å². The van der Waals surface area contributed by atoms with Crippen molar-refractivity contribution in [2.24, 2.45) is 0 Å². The summed E-state index contributed by atoms with van der Waals surface area (Å²) >= 11 is 0. The minimum atomic E-state index is -0.369. The first-order valence-corrected chi connectivity index (χ1v) is 12.3. The van der Waals surface area contributed by atoms with Crippen molar-refractivity contribution < 1.29 is 14.3 Å². The maximum atomic E-state index is 12.5. The van der Waals surface area contributed by atoms with Crippen LogP contribution in [0.3, 0.4) is 0 Å². The van der Waals surface area contributed by atoms with Gasteiger partial charge >= 0.3 is 5.97 Å². The number of carbonyl (C=O) groups is 1. The van der Waals surface area contributed by atoms with E-state index in [9.17, 15) is 4.79 Å². The molecule has 0 aliphatic carbocycles. The standard InChI is InChI=1S/C30H36O3/c1-3-5-7-8-9-10-24-11-13-25(14-12-24)26-15-21-29(22-16-26)33-30(31)27-17-19-28(20-18-27)32-23-6-4-2/h11-22H,3-10,23H2,1-2H3. The molecule has 0 saturated heterocycles. The third kappa shape index (κ3) is 8.09. The topological polar surface area (TPSA) is 35.5 Å². The molecule has 0 atom stereocenters. The Hall–Kier alpha value is -3.07. The minimum absolute atomic E-state index is 0.369. The van der Waals surface area contributed by atoms with Crippen molar-refractivity contribution in [2.45, 2.75) is 65.2 Å². The smallest absolute Gasteiger partial charge is 0.343 e. The summed E-state index contributed by atoms with van der Waals surface area (Å²) in [6.45, 7) is 5.06. The molecule has 0 fully saturated rings. The van der Waals surface area contributed by atoms with Gasteiger partial charge in [0.1, 0.15) is 11.5 Å². The van der Waals surface area contributed by atoms with Gasteiger partial charge in [-0.25, -0.2) is 4.79 Å². The average Bonchev–Trinajstić information content (AvgIpc) is 2.85. The molecular formula is C30H36O3. The molecule has 3 rings (SSSR count). The largest absolute Gasteiger partial charge is 0.494 e. The number of ether oxygens (including phenoxy) is 2. The quantitative estimate of drug-likeness (QED) is 0.151. The van der Waals surface area contributed by atoms with E-state index in [2.05, 4.69) is 38.1 Å². The minimum Gasteiger partial charge on any atom is -0.494 e. The summed E-state index contributed by atoms with van der Waals surface area (Å²) in [7, 11) is 0. The van der Waals surface area contributed by atoms with Gasteiger partial charge in [-0.1, -0.05) is 82.3 Å². The van der Waals surface area contributed by atoms with E-state index >= 15 is 0 Å². The average molecular weight is 445 g/mol. The summed E-state index contributed by atoms with van der Waals surface area (Å²) < 4.78 is 11.2. The molecule has 0 heterocycles. The van der Waals surface area contributed by atoms with Gasteiger partial charge in [0.15, 0.2) is 0 Å². The third-order valence-corrected chi connectivity index (χ3v) is 5.78. The first-order valence-electron chi connectivity index (χ1n) is 12.3. The van der Waals surface area contributed by atoms with Crippen LogP contribution in [0.4, 0.5) is 0 Å². The van der Waals surface area contributed by atoms with Crippen LogP contribution < -0.4 is 9.47 Å². The molecule has 174 valence electrons. The van der Waals surface area contributed by atoms with Crippen LogP contribution in [0, 0.1) is 0 Å². The van der Waals surface area contributed by atoms with Crippen LogP contribution in [0.15, 0.2) is 72.8 Å². The molecule has 0 saturated carbocycles. The molecule has 0 aromatic heterocycles. The van der Waals surface area contributed by atoms with E-state index in [1.165, 1.54) is 43.2 Å². The summed E-state index contributed by atoms with van der Waals surface area (Å²) in [6, 6.07) is 23.6. The number of benzene rings is 3. The highest BCUT2D eigenvalue weighted by molar-refractivity contribution is 5.91. The van der Waals surface area contributed by atoms with Crippen LogP contribution >= 0.6 is 0 Å². The van der Waals surface area contributed by atoms with Crippen LogP contribution in [0.2, 0.25) is 0 Å². The highest BCUT2D eigenvalue weighted by Crippen LogP contribution is 2.24. The molecule has 0 unspecified atom stereocenters. The Labute approximate surface area is 198 Å². The van der Waals surface area contributed by atoms with Crippen molar-refractivity contribution in [1.29, 1.82) is 0 Å². The molecule has 3 aromatic rings. The molecule has 3 heteroatoms. The van der Waals surface area contributed by atoms with Gasteiger partial charge in [0, 0.05) is 0 Å². The van der Waals surface area contributed by atoms with E-state index in [1.54, 1.807) is 12.1 Å². The zero-order chi connectivity index (χ0) is 23.3. The second kappa shape index (κ2) is 13.5. The lowest BCUT2D eigenvalue weighted by molar-refractivity contribution is 0.0734. The molecule has 0 bridgehead atoms. The Morgan fingerprint density at radius 3 is 1.85 bits per heavy atom. The Bertz CT molecular complexity index is 957. The fraction of sp³-hybridized carbons (Fsp3) is 0.367. The Morgan fingerprint density at radius 2 is 1.21 bits per heavy atom. The lowest BCUT2D eigenvalue weighted by Gasteiger charge is -2.08. The maximum absolute atomic E-state index is 12.5. The van der Waals surface area contributed by atoms with E-state index in [1.807, 2.05) is 36.4 Å². The van der Waals surface area contributed by atoms with Gasteiger partial charge < -0.3 is 9.47 Å². The predicted octanol–water partition coefficient (Wildman–Crippen LogP) is 8.26. The van der Waals surface area contributed by atoms with Gasteiger partial charge in [-0.15, -0.1) is 0 Å². The second-order valence-corrected chi connectivity index (χ2v) is 8.50. The molecule has 3 aromatic carbocycles. The summed E-state index contributed by atoms with van der Waals surface area (Å²) in [4.78, 5) is 12.5. The lowest BCUT2D eigenvalue weighted by Crippen LogP contribution is -2.08. The van der Waals surface area contributed by atoms with E-state index in [0.29, 0.717) is 17.9 Å². The van der Waals surface area contributed by atoms with Gasteiger partial charge in [-0.2, -0.15) is 0 Å². The molecule has 0 aliphatic rings. The number of aryl methyl sites for hydroxylation is 1. The first-order chi connectivity index (χ1) is 16.2. The van der Waals surface area contributed by atoms with Crippen LogP contribution in [-0.4, -0.2) is 12.6 Å². The zero-order valence-corrected chi connectivity index (χ0v) is 20.0. The molecule has 0 aliphatic heterocycles. The first kappa shape index (κ1) is 24.6. The van der Waals surface area contributed by atoms with Crippen molar-refractivity contribution in [3.8, 4) is 22.6 Å². The maximum Gasteiger partial charge on any atom is 0.343 e. The van der Waals surface area contributed by atoms with Crippen molar-refractivity contribution in [1.82, 2.24) is 0 Å². The molecule has 33 heavy (non-hydrogen) atoms. The SMILES string of the molecule is CCCCCCCc1ccc(-c2ccc(OC(=O)c3ccc(OCCCC)cc3)cc2)cc1. The van der Waals surface area contributed by atoms with Gasteiger partial charge in [0.25, 0.3) is 0 Å². The van der Waals surface area contributed by atoms with Crippen LogP contribution in [0.1, 0.15) is 74.7 Å². The van der Waals surface area contributed by atoms with E-state index in [-0.39, 0.29) is 5.97 Å². The zero-order valence-electron chi connectivity index (χ0n) is 20.0. The normalized spacial score (nSPS) is 10.7. The van der Waals surface area contributed by atoms with Gasteiger partial charge in [-0.05, 0) is 72.4 Å². The highest BCUT2D eigenvalue weighted by Gasteiger charge is 2.09. The predicted molar refractivity (Wildman–Crippen MR) is 136 cm³/mol. The van der Waals surface area contributed by atoms with Gasteiger partial charge in [0.05, 0.1) is 12.2 Å². The lowest BCUT2D eigenvalue weighted by atomic mass is 10.0. The number of rotatable bonds is 13. The Kier molecular flexibility index (Phi) is 10.0. The number of hydrogen-bond donors (Lipinski definition) is 0. The Morgan fingerprint density at radius 1 is 0.636 bits per heavy atom. The third-order valence-electron chi connectivity index (χ3n) is 5.78. The summed E-state index contributed by atoms with van der Waals surface area (Å²) in [5.41, 5.74) is 4.17. The fourth-order valence-electron chi connectivity index (χ4n) is 3.70.